The zero-order chi connectivity index (χ0) is 34.2. The summed E-state index contributed by atoms with van der Waals surface area (Å²) in [4.78, 5) is 45.4. The number of carbonyl (C=O) groups excluding carboxylic acids is 4. The molecule has 43 heavy (non-hydrogen) atoms. The summed E-state index contributed by atoms with van der Waals surface area (Å²) >= 11 is 0. The highest BCUT2D eigenvalue weighted by Crippen LogP contribution is 2.37. The number of methoxy groups -OCH3 is 4. The van der Waals surface area contributed by atoms with Gasteiger partial charge in [-0.05, 0) is 15.4 Å². The lowest BCUT2D eigenvalue weighted by atomic mass is 10.1. The van der Waals surface area contributed by atoms with Crippen molar-refractivity contribution >= 4 is 42.6 Å². The maximum atomic E-state index is 15.5. The number of aliphatic hydroxyl groups is 1. The molecule has 2 aromatic rings. The van der Waals surface area contributed by atoms with Gasteiger partial charge in [-0.25, -0.2) is 28.0 Å². The van der Waals surface area contributed by atoms with Crippen LogP contribution >= 0.6 is 0 Å². The first kappa shape index (κ1) is 37.3. The van der Waals surface area contributed by atoms with E-state index in [0.717, 1.165) is 38.8 Å². The molecule has 10 nitrogen and oxygen atoms in total. The second-order valence-corrected chi connectivity index (χ2v) is 14.0. The standard InChI is InChI=1S/C22H27FO5Si.C6H9FO5.CH3F/c1-21(2,3)29(17-12-8-6-9-13-17,18-14-10-7-11-15-18)28-16-22(23,19(24)26-4)20(25)27-5;1-11-4(9)6(7,3-8)5(10)12-2;1-2/h6-15H,16H2,1-5H3;8H,3H2,1-2H3;1H3/i;;1D. The maximum absolute atomic E-state index is 15.5. The molecule has 0 aromatic heterocycles. The lowest BCUT2D eigenvalue weighted by Crippen LogP contribution is -2.68. The molecular weight excluding hydrogens is 593 g/mol. The smallest absolute Gasteiger partial charge is 0.358 e. The molecule has 14 heteroatoms. The van der Waals surface area contributed by atoms with Crippen molar-refractivity contribution in [2.45, 2.75) is 37.1 Å². The maximum Gasteiger partial charge on any atom is 0.358 e. The monoisotopic (exact) mass is 633 g/mol. The van der Waals surface area contributed by atoms with Crippen molar-refractivity contribution < 1.29 is 62.2 Å². The van der Waals surface area contributed by atoms with Gasteiger partial charge >= 0.3 is 35.2 Å². The summed E-state index contributed by atoms with van der Waals surface area (Å²) in [5.41, 5.74) is -6.17. The Kier molecular flexibility index (Phi) is 15.1. The first-order chi connectivity index (χ1) is 20.6. The van der Waals surface area contributed by atoms with Crippen molar-refractivity contribution in [1.29, 1.82) is 0 Å². The minimum absolute atomic E-state index is 0.442. The molecule has 0 saturated carbocycles. The van der Waals surface area contributed by atoms with E-state index in [9.17, 15) is 28.0 Å². The van der Waals surface area contributed by atoms with Crippen molar-refractivity contribution in [2.75, 3.05) is 48.8 Å². The van der Waals surface area contributed by atoms with E-state index in [1.165, 1.54) is 0 Å². The summed E-state index contributed by atoms with van der Waals surface area (Å²) < 4.78 is 67.4. The van der Waals surface area contributed by atoms with Crippen molar-refractivity contribution in [3.8, 4) is 0 Å². The minimum atomic E-state index is -3.13. The number of aliphatic hydroxyl groups excluding tert-OH is 1. The fraction of sp³-hybridized carbons (Fsp3) is 0.448. The van der Waals surface area contributed by atoms with Gasteiger partial charge in [0.2, 0.25) is 0 Å². The fourth-order valence-corrected chi connectivity index (χ4v) is 8.60. The zero-order valence-corrected chi connectivity index (χ0v) is 26.2. The van der Waals surface area contributed by atoms with Gasteiger partial charge in [-0.1, -0.05) is 81.4 Å². The predicted octanol–water partition coefficient (Wildman–Crippen LogP) is 2.24. The summed E-state index contributed by atoms with van der Waals surface area (Å²) in [5, 5.41) is 9.77. The summed E-state index contributed by atoms with van der Waals surface area (Å²) in [6, 6.07) is 19.0. The van der Waals surface area contributed by atoms with Crippen LogP contribution in [0.25, 0.3) is 0 Å². The van der Waals surface area contributed by atoms with Crippen LogP contribution in [0.2, 0.25) is 5.04 Å². The number of ether oxygens (including phenoxy) is 4. The molecule has 1 N–H and O–H groups in total. The molecule has 0 unspecified atom stereocenters. The van der Waals surface area contributed by atoms with E-state index < -0.39 is 68.9 Å². The van der Waals surface area contributed by atoms with Crippen LogP contribution in [-0.2, 0) is 42.6 Å². The lowest BCUT2D eigenvalue weighted by molar-refractivity contribution is -0.175. The highest BCUT2D eigenvalue weighted by Gasteiger charge is 2.56. The Morgan fingerprint density at radius 3 is 1.28 bits per heavy atom. The average Bonchev–Trinajstić information content (AvgIpc) is 3.03. The van der Waals surface area contributed by atoms with Gasteiger partial charge in [-0.3, -0.25) is 4.39 Å². The molecule has 0 saturated heterocycles. The molecule has 0 bridgehead atoms. The Hall–Kier alpha value is -3.75. The minimum Gasteiger partial charge on any atom is -0.466 e. The van der Waals surface area contributed by atoms with Crippen molar-refractivity contribution in [2.24, 2.45) is 0 Å². The van der Waals surface area contributed by atoms with E-state index in [4.69, 9.17) is 10.9 Å². The van der Waals surface area contributed by atoms with E-state index in [-0.39, 0.29) is 0 Å². The third-order valence-corrected chi connectivity index (χ3v) is 11.1. The van der Waals surface area contributed by atoms with Crippen LogP contribution in [0.1, 0.15) is 22.1 Å². The van der Waals surface area contributed by atoms with E-state index in [0.29, 0.717) is 0 Å². The average molecular weight is 634 g/mol. The lowest BCUT2D eigenvalue weighted by Gasteiger charge is -2.43. The Morgan fingerprint density at radius 2 is 1.02 bits per heavy atom. The first-order valence-electron chi connectivity index (χ1n) is 13.2. The summed E-state index contributed by atoms with van der Waals surface area (Å²) in [7, 11) is -0.303. The van der Waals surface area contributed by atoms with Crippen LogP contribution < -0.4 is 10.4 Å². The molecule has 0 aliphatic heterocycles. The van der Waals surface area contributed by atoms with Gasteiger partial charge in [0.15, 0.2) is 0 Å². The fourth-order valence-electron chi connectivity index (χ4n) is 4.03. The summed E-state index contributed by atoms with van der Waals surface area (Å²) in [6.07, 6.45) is 0. The second-order valence-electron chi connectivity index (χ2n) is 9.68. The van der Waals surface area contributed by atoms with Crippen LogP contribution in [0, 0.1) is 0 Å². The van der Waals surface area contributed by atoms with Crippen molar-refractivity contribution in [1.82, 2.24) is 0 Å². The van der Waals surface area contributed by atoms with E-state index in [2.05, 4.69) is 18.9 Å². The van der Waals surface area contributed by atoms with Crippen molar-refractivity contribution in [3.63, 3.8) is 0 Å². The first-order valence-corrected chi connectivity index (χ1v) is 14.4. The third kappa shape index (κ3) is 8.87. The van der Waals surface area contributed by atoms with Gasteiger partial charge < -0.3 is 28.5 Å². The van der Waals surface area contributed by atoms with Gasteiger partial charge in [0.1, 0.15) is 0 Å². The van der Waals surface area contributed by atoms with E-state index in [1.54, 1.807) is 0 Å². The predicted molar refractivity (Wildman–Crippen MR) is 153 cm³/mol. The number of rotatable bonds is 10. The molecular formula is C29H39F3O10Si. The SMILES string of the molecule is COC(=O)C(F)(CO)C(=O)OC.COC(=O)C(F)(CO[Si](c1ccccc1)(c1ccccc1)C(C)(C)C)C(=O)OC.[2H]CF. The highest BCUT2D eigenvalue weighted by atomic mass is 28.4. The largest absolute Gasteiger partial charge is 0.466 e. The Bertz CT molecular complexity index is 1130. The molecule has 0 amide bonds. The zero-order valence-electron chi connectivity index (χ0n) is 26.2. The molecule has 0 heterocycles. The molecule has 0 radical (unpaired) electrons. The van der Waals surface area contributed by atoms with Gasteiger partial charge in [-0.2, -0.15) is 0 Å². The Labute approximate surface area is 251 Å². The van der Waals surface area contributed by atoms with E-state index >= 15 is 4.39 Å². The highest BCUT2D eigenvalue weighted by molar-refractivity contribution is 6.99. The van der Waals surface area contributed by atoms with Gasteiger partial charge in [0.25, 0.3) is 8.32 Å². The molecule has 240 valence electrons. The normalized spacial score (nSPS) is 11.7. The van der Waals surface area contributed by atoms with Crippen LogP contribution in [0.4, 0.5) is 13.2 Å². The number of hydrogen-bond donors (Lipinski definition) is 1. The summed E-state index contributed by atoms with van der Waals surface area (Å²) in [5.74, 6) is -5.64. The van der Waals surface area contributed by atoms with Crippen molar-refractivity contribution in [3.05, 3.63) is 60.7 Å². The second kappa shape index (κ2) is 17.4. The molecule has 0 spiro atoms. The third-order valence-electron chi connectivity index (χ3n) is 6.16. The number of hydrogen-bond acceptors (Lipinski definition) is 10. The Morgan fingerprint density at radius 1 is 0.721 bits per heavy atom. The number of carbonyl (C=O) groups is 4. The van der Waals surface area contributed by atoms with Gasteiger partial charge in [0.05, 0.1) is 50.2 Å². The molecule has 2 rings (SSSR count). The number of esters is 4. The van der Waals surface area contributed by atoms with Crippen LogP contribution in [0.15, 0.2) is 60.7 Å². The number of alkyl halides is 3. The molecule has 0 atom stereocenters. The molecule has 2 aromatic carbocycles. The molecule has 0 fully saturated rings. The van der Waals surface area contributed by atoms with Gasteiger partial charge in [0, 0.05) is 0 Å². The quantitative estimate of drug-likeness (QED) is 0.180. The van der Waals surface area contributed by atoms with Crippen LogP contribution in [0.3, 0.4) is 0 Å². The Balaban J connectivity index is 0.00000103. The van der Waals surface area contributed by atoms with E-state index in [1.807, 2.05) is 81.4 Å². The molecule has 0 aliphatic rings. The molecule has 0 aliphatic carbocycles. The van der Waals surface area contributed by atoms with Crippen LogP contribution in [-0.4, -0.2) is 97.4 Å². The van der Waals surface area contributed by atoms with Crippen LogP contribution in [0.5, 0.6) is 0 Å². The number of halogens is 3. The summed E-state index contributed by atoms with van der Waals surface area (Å²) in [6.45, 7) is 3.92. The van der Waals surface area contributed by atoms with Gasteiger partial charge in [-0.15, -0.1) is 0 Å². The number of benzene rings is 2. The topological polar surface area (TPSA) is 135 Å².